The molecule has 96 valence electrons. The number of likely N-dealkylation sites (tertiary alicyclic amines) is 1. The summed E-state index contributed by atoms with van der Waals surface area (Å²) in [7, 11) is 0. The zero-order valence-corrected chi connectivity index (χ0v) is 11.5. The molecule has 0 bridgehead atoms. The molecule has 4 heteroatoms. The number of piperidine rings is 1. The van der Waals surface area contributed by atoms with Crippen molar-refractivity contribution in [2.45, 2.75) is 58.2 Å². The number of rotatable bonds is 4. The van der Waals surface area contributed by atoms with Gasteiger partial charge in [-0.1, -0.05) is 13.3 Å². The molecule has 0 amide bonds. The van der Waals surface area contributed by atoms with Gasteiger partial charge in [-0.15, -0.1) is 11.3 Å². The predicted molar refractivity (Wildman–Crippen MR) is 71.2 cm³/mol. The van der Waals surface area contributed by atoms with Gasteiger partial charge in [0.1, 0.15) is 0 Å². The molecule has 1 aromatic heterocycles. The van der Waals surface area contributed by atoms with Gasteiger partial charge in [0.25, 0.3) is 0 Å². The van der Waals surface area contributed by atoms with Gasteiger partial charge in [0.05, 0.1) is 16.8 Å². The van der Waals surface area contributed by atoms with E-state index in [0.29, 0.717) is 6.04 Å². The van der Waals surface area contributed by atoms with Gasteiger partial charge in [0, 0.05) is 18.0 Å². The first-order chi connectivity index (χ1) is 8.20. The number of thiazole rings is 1. The van der Waals surface area contributed by atoms with Crippen LogP contribution in [0.15, 0.2) is 5.38 Å². The second-order valence-corrected chi connectivity index (χ2v) is 5.93. The number of aromatic nitrogens is 1. The lowest BCUT2D eigenvalue weighted by molar-refractivity contribution is 0.0190. The van der Waals surface area contributed by atoms with Gasteiger partial charge in [-0.25, -0.2) is 4.98 Å². The Labute approximate surface area is 107 Å². The minimum atomic E-state index is -0.185. The van der Waals surface area contributed by atoms with Crippen molar-refractivity contribution in [3.05, 3.63) is 16.1 Å². The van der Waals surface area contributed by atoms with E-state index in [1.165, 1.54) is 12.8 Å². The summed E-state index contributed by atoms with van der Waals surface area (Å²) in [6.07, 6.45) is 4.27. The third kappa shape index (κ3) is 3.27. The fourth-order valence-electron chi connectivity index (χ4n) is 2.61. The molecule has 0 radical (unpaired) electrons. The van der Waals surface area contributed by atoms with Crippen LogP contribution in [0.4, 0.5) is 0 Å². The maximum atomic E-state index is 10.1. The number of hydrogen-bond donors (Lipinski definition) is 1. The molecule has 17 heavy (non-hydrogen) atoms. The molecule has 2 unspecified atom stereocenters. The lowest BCUT2D eigenvalue weighted by atomic mass is 9.96. The van der Waals surface area contributed by atoms with Gasteiger partial charge >= 0.3 is 0 Å². The Bertz CT molecular complexity index is 353. The van der Waals surface area contributed by atoms with Gasteiger partial charge in [-0.05, 0) is 32.7 Å². The summed E-state index contributed by atoms with van der Waals surface area (Å²) in [4.78, 5) is 6.93. The second kappa shape index (κ2) is 5.94. The molecule has 1 N–H and O–H groups in total. The lowest BCUT2D eigenvalue weighted by Crippen LogP contribution is -2.46. The highest BCUT2D eigenvalue weighted by Crippen LogP contribution is 2.23. The van der Waals surface area contributed by atoms with Crippen LogP contribution in [0.1, 0.15) is 43.3 Å². The minimum absolute atomic E-state index is 0.185. The fourth-order valence-corrected chi connectivity index (χ4v) is 3.21. The number of hydrogen-bond acceptors (Lipinski definition) is 4. The van der Waals surface area contributed by atoms with Crippen molar-refractivity contribution in [3.8, 4) is 0 Å². The Morgan fingerprint density at radius 1 is 1.59 bits per heavy atom. The average Bonchev–Trinajstić information content (AvgIpc) is 2.74. The predicted octanol–water partition coefficient (Wildman–Crippen LogP) is 2.58. The molecule has 2 rings (SSSR count). The van der Waals surface area contributed by atoms with Crippen molar-refractivity contribution in [2.24, 2.45) is 0 Å². The van der Waals surface area contributed by atoms with E-state index in [9.17, 15) is 5.11 Å². The maximum absolute atomic E-state index is 10.1. The molecule has 1 aliphatic rings. The highest BCUT2D eigenvalue weighted by Gasteiger charge is 2.27. The van der Waals surface area contributed by atoms with Crippen LogP contribution in [0.2, 0.25) is 0 Å². The maximum Gasteiger partial charge on any atom is 0.0897 e. The molecule has 1 aromatic rings. The third-order valence-corrected chi connectivity index (χ3v) is 4.38. The number of aryl methyl sites for hydroxylation is 1. The van der Waals surface area contributed by atoms with E-state index in [1.54, 1.807) is 11.3 Å². The SMILES string of the molecule is CCC(O)C1CCCCN1Cc1csc(C)n1. The molecule has 0 saturated carbocycles. The Morgan fingerprint density at radius 2 is 2.41 bits per heavy atom. The minimum Gasteiger partial charge on any atom is -0.392 e. The van der Waals surface area contributed by atoms with Crippen LogP contribution in [-0.4, -0.2) is 33.7 Å². The first-order valence-corrected chi connectivity index (χ1v) is 7.41. The van der Waals surface area contributed by atoms with Crippen molar-refractivity contribution < 1.29 is 5.11 Å². The smallest absolute Gasteiger partial charge is 0.0897 e. The molecular weight excluding hydrogens is 232 g/mol. The molecule has 2 atom stereocenters. The summed E-state index contributed by atoms with van der Waals surface area (Å²) in [6, 6.07) is 0.329. The molecule has 0 aliphatic carbocycles. The topological polar surface area (TPSA) is 36.4 Å². The molecule has 1 aliphatic heterocycles. The van der Waals surface area contributed by atoms with Crippen molar-refractivity contribution >= 4 is 11.3 Å². The normalized spacial score (nSPS) is 23.8. The molecule has 1 fully saturated rings. The highest BCUT2D eigenvalue weighted by atomic mass is 32.1. The van der Waals surface area contributed by atoms with Crippen LogP contribution in [0.5, 0.6) is 0 Å². The van der Waals surface area contributed by atoms with E-state index in [4.69, 9.17) is 0 Å². The van der Waals surface area contributed by atoms with Gasteiger partial charge in [-0.3, -0.25) is 4.90 Å². The van der Waals surface area contributed by atoms with Crippen molar-refractivity contribution in [3.63, 3.8) is 0 Å². The van der Waals surface area contributed by atoms with Gasteiger partial charge in [-0.2, -0.15) is 0 Å². The van der Waals surface area contributed by atoms with Crippen molar-refractivity contribution in [1.29, 1.82) is 0 Å². The van der Waals surface area contributed by atoms with E-state index < -0.39 is 0 Å². The molecule has 0 spiro atoms. The Kier molecular flexibility index (Phi) is 4.54. The van der Waals surface area contributed by atoms with E-state index in [0.717, 1.165) is 36.6 Å². The van der Waals surface area contributed by atoms with Crippen LogP contribution in [0.25, 0.3) is 0 Å². The van der Waals surface area contributed by atoms with Gasteiger partial charge < -0.3 is 5.11 Å². The Balaban J connectivity index is 2.01. The van der Waals surface area contributed by atoms with Crippen LogP contribution >= 0.6 is 11.3 Å². The van der Waals surface area contributed by atoms with Crippen LogP contribution < -0.4 is 0 Å². The molecule has 0 aromatic carbocycles. The number of aliphatic hydroxyl groups excluding tert-OH is 1. The third-order valence-electron chi connectivity index (χ3n) is 3.56. The summed E-state index contributed by atoms with van der Waals surface area (Å²) < 4.78 is 0. The Morgan fingerprint density at radius 3 is 3.06 bits per heavy atom. The van der Waals surface area contributed by atoms with E-state index in [1.807, 2.05) is 6.92 Å². The first kappa shape index (κ1) is 13.0. The average molecular weight is 254 g/mol. The highest BCUT2D eigenvalue weighted by molar-refractivity contribution is 7.09. The summed E-state index contributed by atoms with van der Waals surface area (Å²) in [5, 5.41) is 13.3. The Hall–Kier alpha value is -0.450. The standard InChI is InChI=1S/C13H22N2OS/c1-3-13(16)12-6-4-5-7-15(12)8-11-9-17-10(2)14-11/h9,12-13,16H,3-8H2,1-2H3. The van der Waals surface area contributed by atoms with Gasteiger partial charge in [0.15, 0.2) is 0 Å². The van der Waals surface area contributed by atoms with Crippen LogP contribution in [0, 0.1) is 6.92 Å². The molecular formula is C13H22N2OS. The van der Waals surface area contributed by atoms with Crippen LogP contribution in [-0.2, 0) is 6.54 Å². The molecule has 3 nitrogen and oxygen atoms in total. The lowest BCUT2D eigenvalue weighted by Gasteiger charge is -2.37. The monoisotopic (exact) mass is 254 g/mol. The largest absolute Gasteiger partial charge is 0.392 e. The zero-order chi connectivity index (χ0) is 12.3. The summed E-state index contributed by atoms with van der Waals surface area (Å²) >= 11 is 1.71. The fraction of sp³-hybridized carbons (Fsp3) is 0.769. The zero-order valence-electron chi connectivity index (χ0n) is 10.7. The summed E-state index contributed by atoms with van der Waals surface area (Å²) in [5.41, 5.74) is 1.16. The first-order valence-electron chi connectivity index (χ1n) is 6.54. The quantitative estimate of drug-likeness (QED) is 0.897. The summed E-state index contributed by atoms with van der Waals surface area (Å²) in [5.74, 6) is 0. The second-order valence-electron chi connectivity index (χ2n) is 4.87. The molecule has 2 heterocycles. The van der Waals surface area contributed by atoms with Gasteiger partial charge in [0.2, 0.25) is 0 Å². The number of aliphatic hydroxyl groups is 1. The van der Waals surface area contributed by atoms with Crippen molar-refractivity contribution in [2.75, 3.05) is 6.54 Å². The molecule has 1 saturated heterocycles. The van der Waals surface area contributed by atoms with Crippen LogP contribution in [0.3, 0.4) is 0 Å². The van der Waals surface area contributed by atoms with E-state index in [2.05, 4.69) is 22.2 Å². The number of nitrogens with zero attached hydrogens (tertiary/aromatic N) is 2. The van der Waals surface area contributed by atoms with E-state index in [-0.39, 0.29) is 6.10 Å². The van der Waals surface area contributed by atoms with E-state index >= 15 is 0 Å². The van der Waals surface area contributed by atoms with Crippen molar-refractivity contribution in [1.82, 2.24) is 9.88 Å². The summed E-state index contributed by atoms with van der Waals surface area (Å²) in [6.45, 7) is 6.09.